The van der Waals surface area contributed by atoms with E-state index in [0.29, 0.717) is 0 Å². The molecule has 0 aliphatic carbocycles. The van der Waals surface area contributed by atoms with Crippen LogP contribution < -0.4 is 11.1 Å². The summed E-state index contributed by atoms with van der Waals surface area (Å²) in [6.45, 7) is 4.23. The van der Waals surface area contributed by atoms with Gasteiger partial charge in [0.05, 0.1) is 12.6 Å². The van der Waals surface area contributed by atoms with E-state index in [1.54, 1.807) is 11.3 Å². The van der Waals surface area contributed by atoms with Crippen LogP contribution in [0.15, 0.2) is 12.1 Å². The van der Waals surface area contributed by atoms with Crippen LogP contribution in [0.1, 0.15) is 22.7 Å². The van der Waals surface area contributed by atoms with Crippen LogP contribution in [-0.2, 0) is 9.53 Å². The first-order chi connectivity index (χ1) is 7.54. The van der Waals surface area contributed by atoms with Gasteiger partial charge in [0, 0.05) is 16.9 Å². The number of hydrogen-bond acceptors (Lipinski definition) is 4. The molecule has 0 saturated carbocycles. The number of amides is 1. The molecule has 0 saturated heterocycles. The number of ether oxygens (including phenoxy) is 1. The molecular weight excluding hydrogens is 224 g/mol. The van der Waals surface area contributed by atoms with Crippen LogP contribution in [0.2, 0.25) is 0 Å². The van der Waals surface area contributed by atoms with Gasteiger partial charge >= 0.3 is 0 Å². The molecule has 5 heteroatoms. The molecular formula is C11H18N2O2S. The van der Waals surface area contributed by atoms with E-state index in [0.717, 1.165) is 4.88 Å². The van der Waals surface area contributed by atoms with Crippen molar-refractivity contribution >= 4 is 17.2 Å². The average Bonchev–Trinajstić information content (AvgIpc) is 2.65. The Labute approximate surface area is 99.8 Å². The quantitative estimate of drug-likeness (QED) is 0.815. The van der Waals surface area contributed by atoms with Crippen LogP contribution in [0, 0.1) is 6.92 Å². The number of nitrogens with one attached hydrogen (secondary N) is 1. The third-order valence-electron chi connectivity index (χ3n) is 2.23. The second-order valence-corrected chi connectivity index (χ2v) is 5.06. The zero-order chi connectivity index (χ0) is 12.1. The zero-order valence-corrected chi connectivity index (χ0v) is 10.6. The van der Waals surface area contributed by atoms with Crippen LogP contribution in [0.25, 0.3) is 0 Å². The molecule has 16 heavy (non-hydrogen) atoms. The lowest BCUT2D eigenvalue weighted by atomic mass is 10.2. The molecule has 2 atom stereocenters. The van der Waals surface area contributed by atoms with Gasteiger partial charge in [0.1, 0.15) is 6.04 Å². The molecule has 0 aromatic carbocycles. The highest BCUT2D eigenvalue weighted by molar-refractivity contribution is 7.12. The lowest BCUT2D eigenvalue weighted by molar-refractivity contribution is -0.124. The Balaban J connectivity index is 2.51. The number of carbonyl (C=O) groups is 1. The number of thiophene rings is 1. The summed E-state index contributed by atoms with van der Waals surface area (Å²) in [5, 5.41) is 2.86. The van der Waals surface area contributed by atoms with Crippen LogP contribution in [0.4, 0.5) is 0 Å². The zero-order valence-electron chi connectivity index (χ0n) is 9.82. The Kier molecular flexibility index (Phi) is 4.92. The van der Waals surface area contributed by atoms with E-state index in [4.69, 9.17) is 10.5 Å². The summed E-state index contributed by atoms with van der Waals surface area (Å²) < 4.78 is 4.83. The Bertz CT molecular complexity index is 352. The maximum absolute atomic E-state index is 11.6. The Morgan fingerprint density at radius 3 is 2.81 bits per heavy atom. The van der Waals surface area contributed by atoms with Gasteiger partial charge in [0.15, 0.2) is 0 Å². The third-order valence-corrected chi connectivity index (χ3v) is 3.41. The van der Waals surface area contributed by atoms with Crippen molar-refractivity contribution in [2.24, 2.45) is 5.73 Å². The number of aryl methyl sites for hydroxylation is 1. The van der Waals surface area contributed by atoms with Gasteiger partial charge in [-0.2, -0.15) is 0 Å². The fourth-order valence-corrected chi connectivity index (χ4v) is 2.21. The maximum Gasteiger partial charge on any atom is 0.239 e. The topological polar surface area (TPSA) is 64.3 Å². The summed E-state index contributed by atoms with van der Waals surface area (Å²) in [4.78, 5) is 14.0. The summed E-state index contributed by atoms with van der Waals surface area (Å²) in [5.74, 6) is -0.180. The largest absolute Gasteiger partial charge is 0.383 e. The van der Waals surface area contributed by atoms with E-state index < -0.39 is 6.04 Å². The van der Waals surface area contributed by atoms with E-state index in [2.05, 4.69) is 5.32 Å². The van der Waals surface area contributed by atoms with Crippen molar-refractivity contribution in [2.45, 2.75) is 25.9 Å². The van der Waals surface area contributed by atoms with E-state index in [1.165, 1.54) is 12.0 Å². The van der Waals surface area contributed by atoms with Gasteiger partial charge in [0.2, 0.25) is 5.91 Å². The standard InChI is InChI=1S/C11H18N2O2S/c1-7-4-5-10(16-7)8(2)13-11(14)9(12)6-15-3/h4-5,8-9H,6,12H2,1-3H3,(H,13,14). The second kappa shape index (κ2) is 5.98. The highest BCUT2D eigenvalue weighted by Gasteiger charge is 2.16. The van der Waals surface area contributed by atoms with Gasteiger partial charge in [-0.15, -0.1) is 11.3 Å². The number of nitrogens with two attached hydrogens (primary N) is 1. The van der Waals surface area contributed by atoms with Gasteiger partial charge in [-0.05, 0) is 26.0 Å². The summed E-state index contributed by atoms with van der Waals surface area (Å²) in [7, 11) is 1.53. The summed E-state index contributed by atoms with van der Waals surface area (Å²) in [6, 6.07) is 3.45. The van der Waals surface area contributed by atoms with Gasteiger partial charge in [0.25, 0.3) is 0 Å². The molecule has 1 rings (SSSR count). The molecule has 0 aliphatic rings. The first-order valence-corrected chi connectivity index (χ1v) is 5.97. The number of hydrogen-bond donors (Lipinski definition) is 2. The first kappa shape index (κ1) is 13.2. The molecule has 1 amide bonds. The van der Waals surface area contributed by atoms with E-state index in [9.17, 15) is 4.79 Å². The summed E-state index contributed by atoms with van der Waals surface area (Å²) >= 11 is 1.68. The predicted molar refractivity (Wildman–Crippen MR) is 65.5 cm³/mol. The van der Waals surface area contributed by atoms with E-state index in [-0.39, 0.29) is 18.6 Å². The van der Waals surface area contributed by atoms with Crippen LogP contribution in [0.3, 0.4) is 0 Å². The normalized spacial score (nSPS) is 14.5. The molecule has 0 bridgehead atoms. The molecule has 4 nitrogen and oxygen atoms in total. The van der Waals surface area contributed by atoms with Gasteiger partial charge < -0.3 is 15.8 Å². The van der Waals surface area contributed by atoms with Crippen molar-refractivity contribution < 1.29 is 9.53 Å². The molecule has 3 N–H and O–H groups in total. The molecule has 1 aromatic rings. The van der Waals surface area contributed by atoms with Crippen molar-refractivity contribution in [2.75, 3.05) is 13.7 Å². The minimum Gasteiger partial charge on any atom is -0.383 e. The van der Waals surface area contributed by atoms with Gasteiger partial charge in [-0.25, -0.2) is 0 Å². The van der Waals surface area contributed by atoms with Crippen LogP contribution >= 0.6 is 11.3 Å². The minimum atomic E-state index is -0.603. The molecule has 0 spiro atoms. The third kappa shape index (κ3) is 3.59. The summed E-state index contributed by atoms with van der Waals surface area (Å²) in [5.41, 5.74) is 5.63. The summed E-state index contributed by atoms with van der Waals surface area (Å²) in [6.07, 6.45) is 0. The van der Waals surface area contributed by atoms with Crippen molar-refractivity contribution in [3.05, 3.63) is 21.9 Å². The monoisotopic (exact) mass is 242 g/mol. The fourth-order valence-electron chi connectivity index (χ4n) is 1.33. The van der Waals surface area contributed by atoms with Crippen molar-refractivity contribution in [3.63, 3.8) is 0 Å². The molecule has 0 fully saturated rings. The van der Waals surface area contributed by atoms with E-state index >= 15 is 0 Å². The molecule has 0 aliphatic heterocycles. The average molecular weight is 242 g/mol. The lowest BCUT2D eigenvalue weighted by Crippen LogP contribution is -2.44. The molecule has 2 unspecified atom stereocenters. The first-order valence-electron chi connectivity index (χ1n) is 5.15. The van der Waals surface area contributed by atoms with E-state index in [1.807, 2.05) is 26.0 Å². The Morgan fingerprint density at radius 1 is 1.62 bits per heavy atom. The molecule has 1 heterocycles. The van der Waals surface area contributed by atoms with Crippen LogP contribution in [0.5, 0.6) is 0 Å². The fraction of sp³-hybridized carbons (Fsp3) is 0.545. The minimum absolute atomic E-state index is 0.00546. The maximum atomic E-state index is 11.6. The predicted octanol–water partition coefficient (Wildman–Crippen LogP) is 1.21. The Morgan fingerprint density at radius 2 is 2.31 bits per heavy atom. The highest BCUT2D eigenvalue weighted by Crippen LogP contribution is 2.22. The van der Waals surface area contributed by atoms with Crippen molar-refractivity contribution in [3.8, 4) is 0 Å². The SMILES string of the molecule is COCC(N)C(=O)NC(C)c1ccc(C)s1. The Hall–Kier alpha value is -0.910. The lowest BCUT2D eigenvalue weighted by Gasteiger charge is -2.15. The number of rotatable bonds is 5. The van der Waals surface area contributed by atoms with Crippen LogP contribution in [-0.4, -0.2) is 25.7 Å². The number of carbonyl (C=O) groups excluding carboxylic acids is 1. The molecule has 90 valence electrons. The second-order valence-electron chi connectivity index (χ2n) is 3.74. The number of methoxy groups -OCH3 is 1. The van der Waals surface area contributed by atoms with Gasteiger partial charge in [-0.1, -0.05) is 0 Å². The molecule has 1 aromatic heterocycles. The van der Waals surface area contributed by atoms with Gasteiger partial charge in [-0.3, -0.25) is 4.79 Å². The van der Waals surface area contributed by atoms with Crippen molar-refractivity contribution in [1.29, 1.82) is 0 Å². The molecule has 0 radical (unpaired) electrons. The smallest absolute Gasteiger partial charge is 0.239 e. The van der Waals surface area contributed by atoms with Crippen molar-refractivity contribution in [1.82, 2.24) is 5.32 Å². The highest BCUT2D eigenvalue weighted by atomic mass is 32.1.